The maximum absolute atomic E-state index is 12.8. The first-order chi connectivity index (χ1) is 14.2. The Morgan fingerprint density at radius 1 is 0.759 bits per heavy atom. The van der Waals surface area contributed by atoms with Crippen LogP contribution in [0.5, 0.6) is 0 Å². The molecule has 0 unspecified atom stereocenters. The molecular weight excluding hydrogens is 442 g/mol. The van der Waals surface area contributed by atoms with Gasteiger partial charge in [-0.2, -0.15) is 0 Å². The second kappa shape index (κ2) is 7.47. The van der Waals surface area contributed by atoms with Gasteiger partial charge in [0.05, 0.1) is 0 Å². The molecule has 4 heteroatoms. The van der Waals surface area contributed by atoms with Crippen molar-refractivity contribution in [3.8, 4) is 11.1 Å². The summed E-state index contributed by atoms with van der Waals surface area (Å²) in [6, 6.07) is 30.2. The molecule has 0 fully saturated rings. The van der Waals surface area contributed by atoms with E-state index in [9.17, 15) is 4.79 Å². The Morgan fingerprint density at radius 3 is 2.38 bits per heavy atom. The number of thiophene rings is 1. The highest BCUT2D eigenvalue weighted by atomic mass is 79.9. The van der Waals surface area contributed by atoms with Crippen molar-refractivity contribution in [1.29, 1.82) is 0 Å². The molecule has 4 aromatic carbocycles. The highest BCUT2D eigenvalue weighted by Gasteiger charge is 2.14. The van der Waals surface area contributed by atoms with E-state index in [2.05, 4.69) is 69.8 Å². The van der Waals surface area contributed by atoms with Gasteiger partial charge in [0.1, 0.15) is 0 Å². The number of hydrogen-bond donors (Lipinski definition) is 1. The summed E-state index contributed by atoms with van der Waals surface area (Å²) in [7, 11) is 0. The number of benzene rings is 4. The average molecular weight is 458 g/mol. The molecule has 0 atom stereocenters. The summed E-state index contributed by atoms with van der Waals surface area (Å²) in [4.78, 5) is 12.8. The second-order valence-corrected chi connectivity index (χ2v) is 8.76. The molecule has 1 N–H and O–H groups in total. The Kier molecular flexibility index (Phi) is 4.66. The largest absolute Gasteiger partial charge is 0.321 e. The third kappa shape index (κ3) is 3.35. The standard InChI is InChI=1S/C25H16BrNOS/c26-17-8-5-7-16(15-17)25(28)27-22-13-3-1-9-18(22)20-11-6-12-21-19-10-2-4-14-23(19)29-24(20)21/h1-15H,(H,27,28). The summed E-state index contributed by atoms with van der Waals surface area (Å²) in [6.45, 7) is 0. The molecule has 0 aliphatic heterocycles. The molecule has 0 aliphatic carbocycles. The summed E-state index contributed by atoms with van der Waals surface area (Å²) >= 11 is 5.22. The Labute approximate surface area is 180 Å². The van der Waals surface area contributed by atoms with Gasteiger partial charge in [0.15, 0.2) is 0 Å². The minimum Gasteiger partial charge on any atom is -0.321 e. The molecule has 0 radical (unpaired) electrons. The predicted octanol–water partition coefficient (Wildman–Crippen LogP) is 7.74. The maximum atomic E-state index is 12.8. The minimum absolute atomic E-state index is 0.123. The lowest BCUT2D eigenvalue weighted by atomic mass is 10.0. The SMILES string of the molecule is O=C(Nc1ccccc1-c1cccc2c1sc1ccccc12)c1cccc(Br)c1. The van der Waals surface area contributed by atoms with Crippen molar-refractivity contribution in [2.75, 3.05) is 5.32 Å². The number of halogens is 1. The fraction of sp³-hybridized carbons (Fsp3) is 0. The van der Waals surface area contributed by atoms with Crippen LogP contribution in [-0.2, 0) is 0 Å². The summed E-state index contributed by atoms with van der Waals surface area (Å²) in [6.07, 6.45) is 0. The molecule has 0 spiro atoms. The zero-order valence-corrected chi connectivity index (χ0v) is 17.8. The number of fused-ring (bicyclic) bond motifs is 3. The van der Waals surface area contributed by atoms with E-state index in [4.69, 9.17) is 0 Å². The van der Waals surface area contributed by atoms with E-state index >= 15 is 0 Å². The van der Waals surface area contributed by atoms with Crippen LogP contribution in [0.25, 0.3) is 31.3 Å². The number of carbonyl (C=O) groups excluding carboxylic acids is 1. The molecule has 5 aromatic rings. The normalized spacial score (nSPS) is 11.1. The maximum Gasteiger partial charge on any atom is 0.255 e. The fourth-order valence-corrected chi connectivity index (χ4v) is 5.24. The average Bonchev–Trinajstić information content (AvgIpc) is 3.13. The Morgan fingerprint density at radius 2 is 1.48 bits per heavy atom. The van der Waals surface area contributed by atoms with Crippen LogP contribution < -0.4 is 5.32 Å². The van der Waals surface area contributed by atoms with Crippen LogP contribution in [0.2, 0.25) is 0 Å². The number of anilines is 1. The fourth-order valence-electron chi connectivity index (χ4n) is 3.61. The van der Waals surface area contributed by atoms with E-state index in [1.54, 1.807) is 11.3 Å². The van der Waals surface area contributed by atoms with Crippen molar-refractivity contribution in [3.63, 3.8) is 0 Å². The van der Waals surface area contributed by atoms with Gasteiger partial charge in [0.25, 0.3) is 5.91 Å². The number of para-hydroxylation sites is 1. The van der Waals surface area contributed by atoms with Crippen molar-refractivity contribution in [2.45, 2.75) is 0 Å². The monoisotopic (exact) mass is 457 g/mol. The first kappa shape index (κ1) is 18.1. The molecule has 0 aliphatic rings. The number of hydrogen-bond acceptors (Lipinski definition) is 2. The van der Waals surface area contributed by atoms with Gasteiger partial charge in [-0.1, -0.05) is 76.6 Å². The molecule has 0 saturated heterocycles. The van der Waals surface area contributed by atoms with Crippen LogP contribution >= 0.6 is 27.3 Å². The van der Waals surface area contributed by atoms with Crippen molar-refractivity contribution in [2.24, 2.45) is 0 Å². The van der Waals surface area contributed by atoms with Gasteiger partial charge in [0.2, 0.25) is 0 Å². The van der Waals surface area contributed by atoms with Crippen LogP contribution in [0.4, 0.5) is 5.69 Å². The second-order valence-electron chi connectivity index (χ2n) is 6.79. The third-order valence-corrected chi connectivity index (χ3v) is 6.67. The van der Waals surface area contributed by atoms with Crippen molar-refractivity contribution >= 4 is 59.0 Å². The molecule has 0 bridgehead atoms. The lowest BCUT2D eigenvalue weighted by Crippen LogP contribution is -2.12. The van der Waals surface area contributed by atoms with Crippen molar-refractivity contribution in [3.05, 3.63) is 101 Å². The third-order valence-electron chi connectivity index (χ3n) is 4.96. The molecule has 1 heterocycles. The van der Waals surface area contributed by atoms with Gasteiger partial charge in [-0.05, 0) is 30.3 Å². The van der Waals surface area contributed by atoms with Gasteiger partial charge in [-0.25, -0.2) is 0 Å². The Hall–Kier alpha value is -2.95. The highest BCUT2D eigenvalue weighted by molar-refractivity contribution is 9.10. The van der Waals surface area contributed by atoms with Gasteiger partial charge >= 0.3 is 0 Å². The van der Waals surface area contributed by atoms with Crippen LogP contribution in [0.15, 0.2) is 95.5 Å². The Balaban J connectivity index is 1.62. The van der Waals surface area contributed by atoms with Gasteiger partial charge in [-0.15, -0.1) is 11.3 Å². The summed E-state index contributed by atoms with van der Waals surface area (Å²) in [5.74, 6) is -0.123. The van der Waals surface area contributed by atoms with Gasteiger partial charge in [-0.3, -0.25) is 4.79 Å². The summed E-state index contributed by atoms with van der Waals surface area (Å²) in [5, 5.41) is 5.61. The molecule has 5 rings (SSSR count). The molecular formula is C25H16BrNOS. The first-order valence-electron chi connectivity index (χ1n) is 9.27. The van der Waals surface area contributed by atoms with Crippen LogP contribution in [0.1, 0.15) is 10.4 Å². The molecule has 0 saturated carbocycles. The lowest BCUT2D eigenvalue weighted by Gasteiger charge is -2.12. The van der Waals surface area contributed by atoms with Crippen molar-refractivity contribution < 1.29 is 4.79 Å². The van der Waals surface area contributed by atoms with E-state index < -0.39 is 0 Å². The van der Waals surface area contributed by atoms with Gasteiger partial charge in [0, 0.05) is 47.0 Å². The quantitative estimate of drug-likeness (QED) is 0.294. The Bertz CT molecular complexity index is 1370. The highest BCUT2D eigenvalue weighted by Crippen LogP contribution is 2.41. The minimum atomic E-state index is -0.123. The van der Waals surface area contributed by atoms with Crippen LogP contribution in [0.3, 0.4) is 0 Å². The molecule has 29 heavy (non-hydrogen) atoms. The number of amides is 1. The zero-order chi connectivity index (χ0) is 19.8. The molecule has 2 nitrogen and oxygen atoms in total. The van der Waals surface area contributed by atoms with E-state index in [0.717, 1.165) is 21.3 Å². The number of carbonyl (C=O) groups is 1. The van der Waals surface area contributed by atoms with Crippen molar-refractivity contribution in [1.82, 2.24) is 0 Å². The topological polar surface area (TPSA) is 29.1 Å². The van der Waals surface area contributed by atoms with Crippen LogP contribution in [0, 0.1) is 0 Å². The summed E-state index contributed by atoms with van der Waals surface area (Å²) in [5.41, 5.74) is 3.58. The lowest BCUT2D eigenvalue weighted by molar-refractivity contribution is 0.102. The predicted molar refractivity (Wildman–Crippen MR) is 127 cm³/mol. The first-order valence-corrected chi connectivity index (χ1v) is 10.9. The van der Waals surface area contributed by atoms with E-state index in [1.807, 2.05) is 42.5 Å². The van der Waals surface area contributed by atoms with E-state index in [1.165, 1.54) is 20.2 Å². The number of rotatable bonds is 3. The van der Waals surface area contributed by atoms with Crippen LogP contribution in [-0.4, -0.2) is 5.91 Å². The molecule has 140 valence electrons. The smallest absolute Gasteiger partial charge is 0.255 e. The molecule has 1 amide bonds. The zero-order valence-electron chi connectivity index (χ0n) is 15.4. The van der Waals surface area contributed by atoms with E-state index in [0.29, 0.717) is 5.56 Å². The summed E-state index contributed by atoms with van der Waals surface area (Å²) < 4.78 is 3.39. The van der Waals surface area contributed by atoms with E-state index in [-0.39, 0.29) is 5.91 Å². The number of nitrogens with one attached hydrogen (secondary N) is 1. The molecule has 1 aromatic heterocycles. The van der Waals surface area contributed by atoms with Gasteiger partial charge < -0.3 is 5.32 Å².